The molecular weight excluding hydrogens is 288 g/mol. The van der Waals surface area contributed by atoms with E-state index in [1.165, 1.54) is 22.2 Å². The van der Waals surface area contributed by atoms with Gasteiger partial charge in [0.15, 0.2) is 0 Å². The van der Waals surface area contributed by atoms with E-state index in [0.29, 0.717) is 13.0 Å². The zero-order valence-corrected chi connectivity index (χ0v) is 13.2. The molecule has 0 atom stereocenters. The number of para-hydroxylation sites is 1. The van der Waals surface area contributed by atoms with Gasteiger partial charge in [-0.25, -0.2) is 0 Å². The molecule has 3 heterocycles. The molecule has 23 heavy (non-hydrogen) atoms. The fraction of sp³-hybridized carbons (Fsp3) is 0.333. The van der Waals surface area contributed by atoms with Crippen LogP contribution in [0.5, 0.6) is 0 Å². The summed E-state index contributed by atoms with van der Waals surface area (Å²) in [5.74, 6) is 0.224. The molecule has 0 unspecified atom stereocenters. The predicted molar refractivity (Wildman–Crippen MR) is 88.9 cm³/mol. The normalized spacial score (nSPS) is 14.2. The van der Waals surface area contributed by atoms with E-state index in [1.807, 2.05) is 28.8 Å². The Bertz CT molecular complexity index is 861. The lowest BCUT2D eigenvalue weighted by atomic mass is 10.0. The van der Waals surface area contributed by atoms with Gasteiger partial charge in [0.2, 0.25) is 5.91 Å². The number of aryl methyl sites for hydroxylation is 2. The van der Waals surface area contributed by atoms with E-state index in [1.54, 1.807) is 6.20 Å². The number of aromatic amines is 1. The average Bonchev–Trinajstić information content (AvgIpc) is 3.15. The maximum atomic E-state index is 12.6. The lowest BCUT2D eigenvalue weighted by Gasteiger charge is -2.27. The van der Waals surface area contributed by atoms with Crippen LogP contribution in [0.4, 0.5) is 0 Å². The highest BCUT2D eigenvalue weighted by molar-refractivity contribution is 5.86. The summed E-state index contributed by atoms with van der Waals surface area (Å²) in [7, 11) is 1.92. The van der Waals surface area contributed by atoms with Gasteiger partial charge in [0.25, 0.3) is 0 Å². The summed E-state index contributed by atoms with van der Waals surface area (Å²) in [6.45, 7) is 1.51. The molecule has 4 rings (SSSR count). The lowest BCUT2D eigenvalue weighted by molar-refractivity contribution is -0.132. The molecule has 118 valence electrons. The van der Waals surface area contributed by atoms with Gasteiger partial charge in [-0.1, -0.05) is 18.2 Å². The van der Waals surface area contributed by atoms with E-state index in [9.17, 15) is 4.79 Å². The minimum Gasteiger partial charge on any atom is -0.358 e. The molecule has 1 N–H and O–H groups in total. The first-order valence-corrected chi connectivity index (χ1v) is 8.05. The smallest absolute Gasteiger partial charge is 0.223 e. The highest BCUT2D eigenvalue weighted by Gasteiger charge is 2.23. The summed E-state index contributed by atoms with van der Waals surface area (Å²) in [6, 6.07) is 10.3. The molecule has 1 aliphatic rings. The van der Waals surface area contributed by atoms with Crippen LogP contribution in [-0.2, 0) is 31.2 Å². The van der Waals surface area contributed by atoms with Crippen molar-refractivity contribution < 1.29 is 4.79 Å². The highest BCUT2D eigenvalue weighted by Crippen LogP contribution is 2.27. The third kappa shape index (κ3) is 2.52. The van der Waals surface area contributed by atoms with E-state index >= 15 is 0 Å². The molecule has 0 saturated carbocycles. The zero-order chi connectivity index (χ0) is 15.8. The Kier molecular flexibility index (Phi) is 3.41. The number of rotatable bonds is 3. The first kappa shape index (κ1) is 14.1. The second-order valence-corrected chi connectivity index (χ2v) is 6.14. The predicted octanol–water partition coefficient (Wildman–Crippen LogP) is 2.42. The Morgan fingerprint density at radius 3 is 3.00 bits per heavy atom. The van der Waals surface area contributed by atoms with Crippen LogP contribution in [0.1, 0.15) is 23.4 Å². The molecule has 0 bridgehead atoms. The Labute approximate surface area is 134 Å². The van der Waals surface area contributed by atoms with E-state index < -0.39 is 0 Å². The van der Waals surface area contributed by atoms with Crippen molar-refractivity contribution >= 4 is 16.8 Å². The van der Waals surface area contributed by atoms with Crippen LogP contribution in [0.2, 0.25) is 0 Å². The summed E-state index contributed by atoms with van der Waals surface area (Å²) >= 11 is 0. The summed E-state index contributed by atoms with van der Waals surface area (Å²) in [5.41, 5.74) is 4.83. The van der Waals surface area contributed by atoms with Crippen molar-refractivity contribution in [1.29, 1.82) is 0 Å². The molecule has 0 saturated heterocycles. The van der Waals surface area contributed by atoms with Crippen LogP contribution in [0.15, 0.2) is 36.5 Å². The van der Waals surface area contributed by atoms with Crippen molar-refractivity contribution in [2.75, 3.05) is 6.54 Å². The maximum Gasteiger partial charge on any atom is 0.223 e. The Morgan fingerprint density at radius 2 is 2.17 bits per heavy atom. The van der Waals surface area contributed by atoms with Gasteiger partial charge >= 0.3 is 0 Å². The summed E-state index contributed by atoms with van der Waals surface area (Å²) in [4.78, 5) is 18.0. The largest absolute Gasteiger partial charge is 0.358 e. The number of fused-ring (bicyclic) bond motifs is 3. The number of hydrogen-bond donors (Lipinski definition) is 1. The number of carbonyl (C=O) groups is 1. The Hall–Kier alpha value is -2.56. The molecule has 1 amide bonds. The lowest BCUT2D eigenvalue weighted by Crippen LogP contribution is -2.36. The number of nitrogens with one attached hydrogen (secondary N) is 1. The summed E-state index contributed by atoms with van der Waals surface area (Å²) < 4.78 is 1.83. The van der Waals surface area contributed by atoms with Crippen LogP contribution in [0.25, 0.3) is 10.9 Å². The Morgan fingerprint density at radius 1 is 1.30 bits per heavy atom. The molecule has 5 nitrogen and oxygen atoms in total. The zero-order valence-electron chi connectivity index (χ0n) is 13.2. The van der Waals surface area contributed by atoms with Gasteiger partial charge in [-0.15, -0.1) is 0 Å². The molecule has 0 radical (unpaired) electrons. The van der Waals surface area contributed by atoms with Crippen LogP contribution in [0, 0.1) is 0 Å². The second kappa shape index (κ2) is 5.57. The number of nitrogens with zero attached hydrogens (tertiary/aromatic N) is 3. The first-order valence-electron chi connectivity index (χ1n) is 8.05. The SMILES string of the molecule is Cn1nccc1CCC(=O)N1CCc2[nH]c3ccccc3c2C1. The van der Waals surface area contributed by atoms with E-state index in [4.69, 9.17) is 0 Å². The van der Waals surface area contributed by atoms with Gasteiger partial charge < -0.3 is 9.88 Å². The number of H-pyrrole nitrogens is 1. The van der Waals surface area contributed by atoms with E-state index in [2.05, 4.69) is 28.3 Å². The molecule has 0 fully saturated rings. The summed E-state index contributed by atoms with van der Waals surface area (Å²) in [6.07, 6.45) is 3.96. The van der Waals surface area contributed by atoms with Gasteiger partial charge in [-0.05, 0) is 18.6 Å². The van der Waals surface area contributed by atoms with E-state index in [-0.39, 0.29) is 5.91 Å². The third-order valence-corrected chi connectivity index (χ3v) is 4.75. The van der Waals surface area contributed by atoms with Crippen LogP contribution in [0.3, 0.4) is 0 Å². The molecule has 2 aromatic heterocycles. The van der Waals surface area contributed by atoms with E-state index in [0.717, 1.165) is 25.1 Å². The molecular formula is C18H20N4O. The number of benzene rings is 1. The number of amides is 1. The minimum absolute atomic E-state index is 0.224. The van der Waals surface area contributed by atoms with Crippen LogP contribution < -0.4 is 0 Å². The molecule has 1 aliphatic heterocycles. The fourth-order valence-corrected chi connectivity index (χ4v) is 3.42. The fourth-order valence-electron chi connectivity index (χ4n) is 3.42. The molecule has 0 spiro atoms. The van der Waals surface area contributed by atoms with Crippen molar-refractivity contribution in [2.45, 2.75) is 25.8 Å². The minimum atomic E-state index is 0.224. The third-order valence-electron chi connectivity index (χ3n) is 4.75. The van der Waals surface area contributed by atoms with Gasteiger partial charge in [-0.3, -0.25) is 9.48 Å². The maximum absolute atomic E-state index is 12.6. The molecule has 5 heteroatoms. The quantitative estimate of drug-likeness (QED) is 0.808. The van der Waals surface area contributed by atoms with Crippen molar-refractivity contribution in [3.05, 3.63) is 53.5 Å². The van der Waals surface area contributed by atoms with Gasteiger partial charge in [0.05, 0.1) is 0 Å². The molecule has 1 aromatic carbocycles. The standard InChI is InChI=1S/C18H20N4O/c1-21-13(8-10-19-21)6-7-18(23)22-11-9-17-15(12-22)14-4-2-3-5-16(14)20-17/h2-5,8,10,20H,6-7,9,11-12H2,1H3. The van der Waals surface area contributed by atoms with Gasteiger partial charge in [-0.2, -0.15) is 5.10 Å². The number of aromatic nitrogens is 3. The number of hydrogen-bond acceptors (Lipinski definition) is 2. The monoisotopic (exact) mass is 308 g/mol. The Balaban J connectivity index is 1.49. The average molecular weight is 308 g/mol. The molecule has 0 aliphatic carbocycles. The van der Waals surface area contributed by atoms with Crippen LogP contribution in [-0.4, -0.2) is 32.1 Å². The first-order chi connectivity index (χ1) is 11.2. The van der Waals surface area contributed by atoms with Crippen molar-refractivity contribution in [1.82, 2.24) is 19.7 Å². The second-order valence-electron chi connectivity index (χ2n) is 6.14. The topological polar surface area (TPSA) is 53.9 Å². The highest BCUT2D eigenvalue weighted by atomic mass is 16.2. The number of carbonyl (C=O) groups excluding carboxylic acids is 1. The van der Waals surface area contributed by atoms with Gasteiger partial charge in [0, 0.05) is 67.0 Å². The van der Waals surface area contributed by atoms with Gasteiger partial charge in [0.1, 0.15) is 0 Å². The van der Waals surface area contributed by atoms with Crippen molar-refractivity contribution in [2.24, 2.45) is 7.05 Å². The van der Waals surface area contributed by atoms with Crippen molar-refractivity contribution in [3.63, 3.8) is 0 Å². The van der Waals surface area contributed by atoms with Crippen LogP contribution >= 0.6 is 0 Å². The summed E-state index contributed by atoms with van der Waals surface area (Å²) in [5, 5.41) is 5.39. The van der Waals surface area contributed by atoms with Crippen molar-refractivity contribution in [3.8, 4) is 0 Å². The molecule has 3 aromatic rings.